The molecule has 0 aromatic carbocycles. The maximum Gasteiger partial charge on any atom is 0.101 e. The quantitative estimate of drug-likeness (QED) is 0.507. The van der Waals surface area contributed by atoms with Crippen LogP contribution in [0.5, 0.6) is 0 Å². The van der Waals surface area contributed by atoms with Crippen LogP contribution in [-0.2, 0) is 4.74 Å². The SMILES string of the molecule is C[NH+]1CCOCC1.[O-]C1CC=CCC1. The fourth-order valence-electron chi connectivity index (χ4n) is 1.49. The van der Waals surface area contributed by atoms with Crippen molar-refractivity contribution in [3.8, 4) is 0 Å². The van der Waals surface area contributed by atoms with Crippen LogP contribution in [0.15, 0.2) is 12.2 Å². The molecule has 0 amide bonds. The van der Waals surface area contributed by atoms with Crippen molar-refractivity contribution < 1.29 is 14.7 Å². The maximum atomic E-state index is 10.5. The second kappa shape index (κ2) is 6.98. The molecule has 3 heteroatoms. The Bertz CT molecular complexity index is 165. The highest BCUT2D eigenvalue weighted by Crippen LogP contribution is 2.06. The standard InChI is InChI=1S/C6H9O.C5H11NO/c7-6-4-2-1-3-5-6;1-6-2-4-7-5-3-6/h1-2,6H,3-5H2;2-5H2,1H3/q-1;/p+1. The van der Waals surface area contributed by atoms with Crippen molar-refractivity contribution in [2.45, 2.75) is 25.4 Å². The molecular formula is C11H21NO2. The zero-order chi connectivity index (χ0) is 10.2. The third-order valence-corrected chi connectivity index (χ3v) is 2.57. The Balaban J connectivity index is 0.000000140. The van der Waals surface area contributed by atoms with Gasteiger partial charge >= 0.3 is 0 Å². The first kappa shape index (κ1) is 11.7. The summed E-state index contributed by atoms with van der Waals surface area (Å²) in [6.45, 7) is 4.26. The summed E-state index contributed by atoms with van der Waals surface area (Å²) in [6.07, 6.45) is 6.34. The van der Waals surface area contributed by atoms with Crippen molar-refractivity contribution in [3.05, 3.63) is 12.2 Å². The molecule has 2 rings (SSSR count). The van der Waals surface area contributed by atoms with Crippen LogP contribution in [0.3, 0.4) is 0 Å². The molecule has 0 spiro atoms. The summed E-state index contributed by atoms with van der Waals surface area (Å²) in [5.41, 5.74) is 0. The van der Waals surface area contributed by atoms with E-state index in [0.29, 0.717) is 0 Å². The summed E-state index contributed by atoms with van der Waals surface area (Å²) >= 11 is 0. The van der Waals surface area contributed by atoms with Gasteiger partial charge in [0.25, 0.3) is 0 Å². The number of morpholine rings is 1. The maximum absolute atomic E-state index is 10.5. The van der Waals surface area contributed by atoms with Gasteiger partial charge in [0, 0.05) is 0 Å². The number of nitrogens with one attached hydrogen (secondary N) is 1. The van der Waals surface area contributed by atoms with Gasteiger partial charge in [-0.2, -0.15) is 0 Å². The van der Waals surface area contributed by atoms with Crippen LogP contribution in [0.25, 0.3) is 0 Å². The second-order valence-corrected chi connectivity index (χ2v) is 3.98. The van der Waals surface area contributed by atoms with Gasteiger partial charge in [0.15, 0.2) is 0 Å². The first-order valence-electron chi connectivity index (χ1n) is 5.49. The lowest BCUT2D eigenvalue weighted by Crippen LogP contribution is -3.11. The van der Waals surface area contributed by atoms with E-state index >= 15 is 0 Å². The normalized spacial score (nSPS) is 28.0. The molecule has 1 aliphatic heterocycles. The van der Waals surface area contributed by atoms with Crippen LogP contribution in [0, 0.1) is 0 Å². The summed E-state index contributed by atoms with van der Waals surface area (Å²) in [7, 11) is 2.20. The molecular weight excluding hydrogens is 178 g/mol. The van der Waals surface area contributed by atoms with Crippen molar-refractivity contribution in [1.82, 2.24) is 0 Å². The van der Waals surface area contributed by atoms with E-state index in [-0.39, 0.29) is 6.10 Å². The fourth-order valence-corrected chi connectivity index (χ4v) is 1.49. The van der Waals surface area contributed by atoms with E-state index in [2.05, 4.69) is 13.1 Å². The number of likely N-dealkylation sites (N-methyl/N-ethyl adjacent to an activating group) is 1. The van der Waals surface area contributed by atoms with Crippen molar-refractivity contribution in [2.75, 3.05) is 33.4 Å². The number of allylic oxidation sites excluding steroid dienone is 1. The third kappa shape index (κ3) is 5.37. The molecule has 1 atom stereocenters. The van der Waals surface area contributed by atoms with Crippen LogP contribution in [0.2, 0.25) is 0 Å². The molecule has 82 valence electrons. The van der Waals surface area contributed by atoms with E-state index < -0.39 is 0 Å². The van der Waals surface area contributed by atoms with E-state index in [1.165, 1.54) is 13.1 Å². The van der Waals surface area contributed by atoms with Crippen LogP contribution >= 0.6 is 0 Å². The summed E-state index contributed by atoms with van der Waals surface area (Å²) in [6, 6.07) is 0. The molecule has 1 fully saturated rings. The Morgan fingerprint density at radius 1 is 1.29 bits per heavy atom. The lowest BCUT2D eigenvalue weighted by molar-refractivity contribution is -0.888. The molecule has 0 aromatic heterocycles. The van der Waals surface area contributed by atoms with E-state index in [0.717, 1.165) is 32.5 Å². The minimum Gasteiger partial charge on any atom is -0.852 e. The third-order valence-electron chi connectivity index (χ3n) is 2.57. The predicted molar refractivity (Wildman–Crippen MR) is 54.2 cm³/mol. The number of ether oxygens (including phenoxy) is 1. The van der Waals surface area contributed by atoms with Crippen LogP contribution in [0.1, 0.15) is 19.3 Å². The summed E-state index contributed by atoms with van der Waals surface area (Å²) < 4.78 is 5.12. The lowest BCUT2D eigenvalue weighted by Gasteiger charge is -2.21. The molecule has 2 aliphatic rings. The van der Waals surface area contributed by atoms with Gasteiger partial charge in [0.1, 0.15) is 13.1 Å². The zero-order valence-corrected chi connectivity index (χ0v) is 9.00. The topological polar surface area (TPSA) is 36.7 Å². The number of hydrogen-bond donors (Lipinski definition) is 1. The van der Waals surface area contributed by atoms with Gasteiger partial charge in [0.05, 0.1) is 20.3 Å². The summed E-state index contributed by atoms with van der Waals surface area (Å²) in [5, 5.41) is 10.5. The van der Waals surface area contributed by atoms with E-state index in [1.54, 1.807) is 4.90 Å². The van der Waals surface area contributed by atoms with Gasteiger partial charge in [-0.15, -0.1) is 6.10 Å². The minimum absolute atomic E-state index is 0.301. The van der Waals surface area contributed by atoms with E-state index in [4.69, 9.17) is 4.74 Å². The highest BCUT2D eigenvalue weighted by Gasteiger charge is 2.05. The molecule has 3 nitrogen and oxygen atoms in total. The first-order chi connectivity index (χ1) is 6.79. The van der Waals surface area contributed by atoms with Gasteiger partial charge in [-0.25, -0.2) is 0 Å². The largest absolute Gasteiger partial charge is 0.852 e. The Kier molecular flexibility index (Phi) is 5.83. The first-order valence-corrected chi connectivity index (χ1v) is 5.49. The van der Waals surface area contributed by atoms with Crippen molar-refractivity contribution in [1.29, 1.82) is 0 Å². The van der Waals surface area contributed by atoms with Crippen LogP contribution in [0.4, 0.5) is 0 Å². The zero-order valence-electron chi connectivity index (χ0n) is 9.00. The molecule has 1 N–H and O–H groups in total. The van der Waals surface area contributed by atoms with Gasteiger partial charge in [-0.1, -0.05) is 18.6 Å². The molecule has 1 saturated heterocycles. The number of quaternary nitrogens is 1. The van der Waals surface area contributed by atoms with Crippen molar-refractivity contribution in [2.24, 2.45) is 0 Å². The molecule has 0 saturated carbocycles. The number of hydrogen-bond acceptors (Lipinski definition) is 2. The van der Waals surface area contributed by atoms with Crippen molar-refractivity contribution >= 4 is 0 Å². The van der Waals surface area contributed by atoms with Crippen molar-refractivity contribution in [3.63, 3.8) is 0 Å². The Labute approximate surface area is 86.4 Å². The predicted octanol–water partition coefficient (Wildman–Crippen LogP) is -1.01. The average molecular weight is 199 g/mol. The molecule has 1 aliphatic carbocycles. The Morgan fingerprint density at radius 2 is 2.00 bits per heavy atom. The highest BCUT2D eigenvalue weighted by molar-refractivity contribution is 4.89. The Morgan fingerprint density at radius 3 is 2.29 bits per heavy atom. The smallest absolute Gasteiger partial charge is 0.101 e. The lowest BCUT2D eigenvalue weighted by atomic mass is 10.1. The van der Waals surface area contributed by atoms with Gasteiger partial charge in [-0.05, 0) is 12.8 Å². The van der Waals surface area contributed by atoms with Gasteiger partial charge in [0.2, 0.25) is 0 Å². The monoisotopic (exact) mass is 199 g/mol. The molecule has 0 bridgehead atoms. The van der Waals surface area contributed by atoms with E-state index in [9.17, 15) is 5.11 Å². The van der Waals surface area contributed by atoms with Crippen LogP contribution in [-0.4, -0.2) is 39.5 Å². The molecule has 1 unspecified atom stereocenters. The van der Waals surface area contributed by atoms with Crippen LogP contribution < -0.4 is 10.0 Å². The number of rotatable bonds is 0. The van der Waals surface area contributed by atoms with E-state index in [1.807, 2.05) is 6.08 Å². The van der Waals surface area contributed by atoms with Gasteiger partial charge in [-0.3, -0.25) is 0 Å². The molecule has 14 heavy (non-hydrogen) atoms. The molecule has 0 aromatic rings. The Hall–Kier alpha value is -0.380. The molecule has 0 radical (unpaired) electrons. The molecule has 1 heterocycles. The second-order valence-electron chi connectivity index (χ2n) is 3.98. The highest BCUT2D eigenvalue weighted by atomic mass is 16.5. The minimum atomic E-state index is -0.301. The average Bonchev–Trinajstić information content (AvgIpc) is 2.21. The van der Waals surface area contributed by atoms with Gasteiger partial charge < -0.3 is 14.7 Å². The summed E-state index contributed by atoms with van der Waals surface area (Å²) in [4.78, 5) is 1.59. The summed E-state index contributed by atoms with van der Waals surface area (Å²) in [5.74, 6) is 0. The fraction of sp³-hybridized carbons (Fsp3) is 0.818.